The highest BCUT2D eigenvalue weighted by Gasteiger charge is 2.16. The van der Waals surface area contributed by atoms with Crippen LogP contribution >= 0.6 is 11.8 Å². The van der Waals surface area contributed by atoms with Crippen LogP contribution in [0.5, 0.6) is 0 Å². The number of nitro benzene ring substituents is 1. The largest absolute Gasteiger partial charge is 0.378 e. The molecule has 0 unspecified atom stereocenters. The van der Waals surface area contributed by atoms with Gasteiger partial charge in [-0.25, -0.2) is 0 Å². The molecule has 1 heterocycles. The van der Waals surface area contributed by atoms with Crippen molar-refractivity contribution in [2.75, 3.05) is 30.1 Å². The fourth-order valence-corrected chi connectivity index (χ4v) is 3.60. The molecule has 3 rings (SSSR count). The molecular weight excluding hydrogens is 416 g/mol. The quantitative estimate of drug-likeness (QED) is 0.234. The lowest BCUT2D eigenvalue weighted by molar-refractivity contribution is -0.384. The second kappa shape index (κ2) is 9.90. The Bertz CT molecular complexity index is 1110. The van der Waals surface area contributed by atoms with E-state index in [1.807, 2.05) is 47.8 Å². The molecule has 9 nitrogen and oxygen atoms in total. The van der Waals surface area contributed by atoms with Gasteiger partial charge in [0.05, 0.1) is 10.7 Å². The average molecular weight is 439 g/mol. The number of hydrogen-bond donors (Lipinski definition) is 1. The normalized spacial score (nSPS) is 10.5. The first kappa shape index (κ1) is 22.0. The van der Waals surface area contributed by atoms with E-state index >= 15 is 0 Å². The molecule has 0 aliphatic heterocycles. The van der Waals surface area contributed by atoms with Gasteiger partial charge in [0.15, 0.2) is 11.0 Å². The number of nitrogens with one attached hydrogen (secondary N) is 1. The molecular formula is C21H22N6O3S. The minimum atomic E-state index is -0.505. The van der Waals surface area contributed by atoms with Gasteiger partial charge in [0.1, 0.15) is 0 Å². The van der Waals surface area contributed by atoms with Crippen LogP contribution in [-0.4, -0.2) is 45.4 Å². The number of benzene rings is 2. The molecule has 0 atom stereocenters. The van der Waals surface area contributed by atoms with Crippen molar-refractivity contribution in [1.29, 1.82) is 0 Å². The van der Waals surface area contributed by atoms with Crippen LogP contribution in [0.1, 0.15) is 0 Å². The number of non-ortho nitro benzene ring substituents is 1. The standard InChI is InChI=1S/C21H22N6O3S/c1-4-11-26-20(15-7-5-9-17(12-15)25(2)3)23-24-21(26)31-14-19(28)22-16-8-6-10-18(13-16)27(29)30/h4-10,12-13H,1,11,14H2,2-3H3,(H,22,28). The summed E-state index contributed by atoms with van der Waals surface area (Å²) in [5, 5.41) is 22.7. The second-order valence-corrected chi connectivity index (χ2v) is 7.74. The summed E-state index contributed by atoms with van der Waals surface area (Å²) in [6.07, 6.45) is 1.75. The second-order valence-electron chi connectivity index (χ2n) is 6.79. The molecule has 0 saturated carbocycles. The SMILES string of the molecule is C=CCn1c(SCC(=O)Nc2cccc([N+](=O)[O-])c2)nnc1-c1cccc(N(C)C)c1. The van der Waals surface area contributed by atoms with Gasteiger partial charge in [-0.15, -0.1) is 16.8 Å². The van der Waals surface area contributed by atoms with Gasteiger partial charge in [0.25, 0.3) is 5.69 Å². The zero-order chi connectivity index (χ0) is 22.4. The molecule has 160 valence electrons. The Balaban J connectivity index is 1.74. The number of allylic oxidation sites excluding steroid dienone is 1. The van der Waals surface area contributed by atoms with E-state index in [0.29, 0.717) is 23.2 Å². The molecule has 2 aromatic carbocycles. The lowest BCUT2D eigenvalue weighted by Gasteiger charge is -2.14. The van der Waals surface area contributed by atoms with Crippen LogP contribution in [0.3, 0.4) is 0 Å². The Hall–Kier alpha value is -3.66. The highest BCUT2D eigenvalue weighted by Crippen LogP contribution is 2.27. The number of thioether (sulfide) groups is 1. The van der Waals surface area contributed by atoms with Gasteiger partial charge < -0.3 is 10.2 Å². The molecule has 1 amide bonds. The third kappa shape index (κ3) is 5.48. The van der Waals surface area contributed by atoms with Crippen molar-refractivity contribution in [3.05, 3.63) is 71.3 Å². The van der Waals surface area contributed by atoms with Gasteiger partial charge in [0.2, 0.25) is 5.91 Å². The van der Waals surface area contributed by atoms with Crippen LogP contribution in [0.15, 0.2) is 66.3 Å². The molecule has 31 heavy (non-hydrogen) atoms. The molecule has 0 fully saturated rings. The van der Waals surface area contributed by atoms with Gasteiger partial charge in [-0.3, -0.25) is 19.5 Å². The van der Waals surface area contributed by atoms with E-state index in [1.165, 1.54) is 30.0 Å². The minimum Gasteiger partial charge on any atom is -0.378 e. The lowest BCUT2D eigenvalue weighted by atomic mass is 10.2. The van der Waals surface area contributed by atoms with Crippen molar-refractivity contribution in [3.63, 3.8) is 0 Å². The van der Waals surface area contributed by atoms with E-state index < -0.39 is 4.92 Å². The number of carbonyl (C=O) groups is 1. The van der Waals surface area contributed by atoms with Crippen LogP contribution in [0.4, 0.5) is 17.1 Å². The van der Waals surface area contributed by atoms with Crippen LogP contribution < -0.4 is 10.2 Å². The van der Waals surface area contributed by atoms with E-state index in [-0.39, 0.29) is 17.3 Å². The molecule has 0 aliphatic rings. The summed E-state index contributed by atoms with van der Waals surface area (Å²) in [5.41, 5.74) is 2.24. The molecule has 3 aromatic rings. The fourth-order valence-electron chi connectivity index (χ4n) is 2.85. The summed E-state index contributed by atoms with van der Waals surface area (Å²) < 4.78 is 1.90. The molecule has 0 bridgehead atoms. The zero-order valence-corrected chi connectivity index (χ0v) is 18.0. The fraction of sp³-hybridized carbons (Fsp3) is 0.190. The highest BCUT2D eigenvalue weighted by atomic mass is 32.2. The van der Waals surface area contributed by atoms with Crippen molar-refractivity contribution < 1.29 is 9.72 Å². The molecule has 1 N–H and O–H groups in total. The minimum absolute atomic E-state index is 0.0791. The number of nitrogens with zero attached hydrogens (tertiary/aromatic N) is 5. The van der Waals surface area contributed by atoms with Gasteiger partial charge in [-0.05, 0) is 18.2 Å². The molecule has 1 aromatic heterocycles. The van der Waals surface area contributed by atoms with Crippen molar-refractivity contribution in [2.24, 2.45) is 0 Å². The predicted molar refractivity (Wildman–Crippen MR) is 122 cm³/mol. The summed E-state index contributed by atoms with van der Waals surface area (Å²) in [7, 11) is 3.93. The number of amides is 1. The van der Waals surface area contributed by atoms with Crippen molar-refractivity contribution in [3.8, 4) is 11.4 Å². The van der Waals surface area contributed by atoms with E-state index in [9.17, 15) is 14.9 Å². The predicted octanol–water partition coefficient (Wildman–Crippen LogP) is 3.84. The van der Waals surface area contributed by atoms with Gasteiger partial charge in [-0.1, -0.05) is 36.0 Å². The van der Waals surface area contributed by atoms with Crippen molar-refractivity contribution in [2.45, 2.75) is 11.7 Å². The summed E-state index contributed by atoms with van der Waals surface area (Å²) in [5.74, 6) is 0.468. The average Bonchev–Trinajstić information content (AvgIpc) is 3.15. The summed E-state index contributed by atoms with van der Waals surface area (Å²) >= 11 is 1.24. The van der Waals surface area contributed by atoms with Crippen molar-refractivity contribution in [1.82, 2.24) is 14.8 Å². The van der Waals surface area contributed by atoms with E-state index in [2.05, 4.69) is 22.1 Å². The summed E-state index contributed by atoms with van der Waals surface area (Å²) in [6, 6.07) is 13.8. The first-order valence-corrected chi connectivity index (χ1v) is 10.4. The smallest absolute Gasteiger partial charge is 0.271 e. The number of rotatable bonds is 9. The Morgan fingerprint density at radius 1 is 1.26 bits per heavy atom. The molecule has 0 spiro atoms. The Morgan fingerprint density at radius 2 is 2.03 bits per heavy atom. The van der Waals surface area contributed by atoms with Crippen LogP contribution in [0.25, 0.3) is 11.4 Å². The van der Waals surface area contributed by atoms with Crippen molar-refractivity contribution >= 4 is 34.7 Å². The van der Waals surface area contributed by atoms with Gasteiger partial charge in [-0.2, -0.15) is 0 Å². The first-order valence-electron chi connectivity index (χ1n) is 9.38. The van der Waals surface area contributed by atoms with Gasteiger partial charge in [0, 0.05) is 49.7 Å². The Morgan fingerprint density at radius 3 is 2.74 bits per heavy atom. The summed E-state index contributed by atoms with van der Waals surface area (Å²) in [4.78, 5) is 24.7. The zero-order valence-electron chi connectivity index (χ0n) is 17.2. The summed E-state index contributed by atoms with van der Waals surface area (Å²) in [6.45, 7) is 4.29. The van der Waals surface area contributed by atoms with Crippen LogP contribution in [-0.2, 0) is 11.3 Å². The number of anilines is 2. The topological polar surface area (TPSA) is 106 Å². The number of carbonyl (C=O) groups excluding carboxylic acids is 1. The number of aromatic nitrogens is 3. The maximum atomic E-state index is 12.3. The van der Waals surface area contributed by atoms with E-state index in [4.69, 9.17) is 0 Å². The third-order valence-corrected chi connectivity index (χ3v) is 5.29. The van der Waals surface area contributed by atoms with E-state index in [0.717, 1.165) is 11.3 Å². The number of nitro groups is 1. The maximum Gasteiger partial charge on any atom is 0.271 e. The molecule has 0 radical (unpaired) electrons. The highest BCUT2D eigenvalue weighted by molar-refractivity contribution is 7.99. The van der Waals surface area contributed by atoms with Crippen LogP contribution in [0, 0.1) is 10.1 Å². The van der Waals surface area contributed by atoms with Crippen LogP contribution in [0.2, 0.25) is 0 Å². The maximum absolute atomic E-state index is 12.3. The Labute approximate surface area is 183 Å². The molecule has 0 aliphatic carbocycles. The molecule has 0 saturated heterocycles. The number of hydrogen-bond acceptors (Lipinski definition) is 7. The molecule has 10 heteroatoms. The monoisotopic (exact) mass is 438 g/mol. The first-order chi connectivity index (χ1) is 14.9. The van der Waals surface area contributed by atoms with E-state index in [1.54, 1.807) is 12.1 Å². The lowest BCUT2D eigenvalue weighted by Crippen LogP contribution is -2.14. The Kier molecular flexibility index (Phi) is 7.03. The third-order valence-electron chi connectivity index (χ3n) is 4.32. The van der Waals surface area contributed by atoms with Gasteiger partial charge >= 0.3 is 0 Å².